The van der Waals surface area contributed by atoms with Crippen molar-refractivity contribution < 1.29 is 14.6 Å². The maximum absolute atomic E-state index is 11.1. The SMILES string of the molecule is C=CCC(=O)NCC1(O)CCOC1C. The van der Waals surface area contributed by atoms with E-state index in [1.165, 1.54) is 6.08 Å². The second-order valence-electron chi connectivity index (χ2n) is 3.64. The first-order valence-electron chi connectivity index (χ1n) is 4.80. The quantitative estimate of drug-likeness (QED) is 0.637. The van der Waals surface area contributed by atoms with Gasteiger partial charge in [-0.05, 0) is 6.92 Å². The Balaban J connectivity index is 2.36. The van der Waals surface area contributed by atoms with Gasteiger partial charge in [0.05, 0.1) is 6.10 Å². The second-order valence-corrected chi connectivity index (χ2v) is 3.64. The number of carbonyl (C=O) groups excluding carboxylic acids is 1. The van der Waals surface area contributed by atoms with Crippen LogP contribution in [0.25, 0.3) is 0 Å². The Bertz CT molecular complexity index is 229. The highest BCUT2D eigenvalue weighted by atomic mass is 16.5. The van der Waals surface area contributed by atoms with Gasteiger partial charge in [0, 0.05) is 26.0 Å². The summed E-state index contributed by atoms with van der Waals surface area (Å²) in [5, 5.41) is 12.7. The monoisotopic (exact) mass is 199 g/mol. The van der Waals surface area contributed by atoms with Gasteiger partial charge in [0.2, 0.25) is 5.91 Å². The van der Waals surface area contributed by atoms with E-state index in [9.17, 15) is 9.90 Å². The lowest BCUT2D eigenvalue weighted by Gasteiger charge is -2.25. The molecule has 0 radical (unpaired) electrons. The Hall–Kier alpha value is -0.870. The first-order chi connectivity index (χ1) is 6.58. The highest BCUT2D eigenvalue weighted by Gasteiger charge is 2.39. The normalized spacial score (nSPS) is 31.4. The van der Waals surface area contributed by atoms with Crippen LogP contribution in [-0.2, 0) is 9.53 Å². The largest absolute Gasteiger partial charge is 0.385 e. The molecule has 1 aliphatic heterocycles. The molecule has 1 aliphatic rings. The van der Waals surface area contributed by atoms with Gasteiger partial charge in [-0.3, -0.25) is 4.79 Å². The van der Waals surface area contributed by atoms with Crippen molar-refractivity contribution in [2.24, 2.45) is 0 Å². The van der Waals surface area contributed by atoms with E-state index in [2.05, 4.69) is 11.9 Å². The number of amides is 1. The van der Waals surface area contributed by atoms with E-state index in [4.69, 9.17) is 4.74 Å². The molecular formula is C10H17NO3. The van der Waals surface area contributed by atoms with Crippen molar-refractivity contribution in [3.63, 3.8) is 0 Å². The molecule has 1 rings (SSSR count). The van der Waals surface area contributed by atoms with Crippen LogP contribution in [0.2, 0.25) is 0 Å². The smallest absolute Gasteiger partial charge is 0.223 e. The number of rotatable bonds is 4. The van der Waals surface area contributed by atoms with Gasteiger partial charge in [-0.1, -0.05) is 6.08 Å². The van der Waals surface area contributed by atoms with Gasteiger partial charge in [-0.15, -0.1) is 6.58 Å². The molecule has 0 saturated carbocycles. The summed E-state index contributed by atoms with van der Waals surface area (Å²) >= 11 is 0. The highest BCUT2D eigenvalue weighted by Crippen LogP contribution is 2.24. The minimum Gasteiger partial charge on any atom is -0.385 e. The Morgan fingerprint density at radius 2 is 2.57 bits per heavy atom. The van der Waals surface area contributed by atoms with Gasteiger partial charge in [0.25, 0.3) is 0 Å². The highest BCUT2D eigenvalue weighted by molar-refractivity contribution is 5.77. The predicted molar refractivity (Wildman–Crippen MR) is 52.8 cm³/mol. The lowest BCUT2D eigenvalue weighted by Crippen LogP contribution is -2.47. The van der Waals surface area contributed by atoms with Crippen molar-refractivity contribution in [2.45, 2.75) is 31.5 Å². The number of hydrogen-bond donors (Lipinski definition) is 2. The number of nitrogens with one attached hydrogen (secondary N) is 1. The molecule has 1 saturated heterocycles. The summed E-state index contributed by atoms with van der Waals surface area (Å²) in [6.45, 7) is 6.08. The molecule has 4 nitrogen and oxygen atoms in total. The minimum atomic E-state index is -0.906. The molecule has 14 heavy (non-hydrogen) atoms. The molecule has 4 heteroatoms. The Labute approximate surface area is 83.9 Å². The van der Waals surface area contributed by atoms with Crippen LogP contribution in [0.5, 0.6) is 0 Å². The molecule has 1 fully saturated rings. The molecule has 0 aliphatic carbocycles. The predicted octanol–water partition coefficient (Wildman–Crippen LogP) is 0.219. The molecule has 0 spiro atoms. The average Bonchev–Trinajstić information content (AvgIpc) is 2.46. The number of ether oxygens (including phenoxy) is 1. The van der Waals surface area contributed by atoms with Gasteiger partial charge in [-0.25, -0.2) is 0 Å². The van der Waals surface area contributed by atoms with Crippen molar-refractivity contribution in [3.8, 4) is 0 Å². The Kier molecular flexibility index (Phi) is 3.66. The summed E-state index contributed by atoms with van der Waals surface area (Å²) in [6, 6.07) is 0. The molecule has 2 atom stereocenters. The van der Waals surface area contributed by atoms with E-state index in [0.717, 1.165) is 0 Å². The molecule has 1 amide bonds. The first kappa shape index (κ1) is 11.2. The molecule has 80 valence electrons. The molecule has 0 bridgehead atoms. The summed E-state index contributed by atoms with van der Waals surface area (Å²) in [5.41, 5.74) is -0.906. The molecule has 0 aromatic rings. The first-order valence-corrected chi connectivity index (χ1v) is 4.80. The van der Waals surface area contributed by atoms with Crippen molar-refractivity contribution in [1.82, 2.24) is 5.32 Å². The van der Waals surface area contributed by atoms with Crippen molar-refractivity contribution >= 4 is 5.91 Å². The van der Waals surface area contributed by atoms with E-state index < -0.39 is 5.60 Å². The molecular weight excluding hydrogens is 182 g/mol. The lowest BCUT2D eigenvalue weighted by atomic mass is 9.97. The van der Waals surface area contributed by atoms with E-state index in [1.54, 1.807) is 0 Å². The zero-order valence-corrected chi connectivity index (χ0v) is 8.45. The van der Waals surface area contributed by atoms with Crippen LogP contribution in [0.4, 0.5) is 0 Å². The number of aliphatic hydroxyl groups is 1. The molecule has 2 unspecified atom stereocenters. The van der Waals surface area contributed by atoms with Crippen LogP contribution in [0.15, 0.2) is 12.7 Å². The topological polar surface area (TPSA) is 58.6 Å². The fourth-order valence-corrected chi connectivity index (χ4v) is 1.46. The summed E-state index contributed by atoms with van der Waals surface area (Å²) in [4.78, 5) is 11.1. The third-order valence-corrected chi connectivity index (χ3v) is 2.58. The van der Waals surface area contributed by atoms with Gasteiger partial charge < -0.3 is 15.2 Å². The van der Waals surface area contributed by atoms with Gasteiger partial charge in [0.15, 0.2) is 0 Å². The Morgan fingerprint density at radius 3 is 3.07 bits per heavy atom. The maximum atomic E-state index is 11.1. The van der Waals surface area contributed by atoms with E-state index >= 15 is 0 Å². The van der Waals surface area contributed by atoms with Crippen LogP contribution in [0.3, 0.4) is 0 Å². The van der Waals surface area contributed by atoms with Crippen LogP contribution < -0.4 is 5.32 Å². The van der Waals surface area contributed by atoms with E-state index in [0.29, 0.717) is 13.0 Å². The van der Waals surface area contributed by atoms with Crippen molar-refractivity contribution in [1.29, 1.82) is 0 Å². The fraction of sp³-hybridized carbons (Fsp3) is 0.700. The average molecular weight is 199 g/mol. The summed E-state index contributed by atoms with van der Waals surface area (Å²) < 4.78 is 5.24. The summed E-state index contributed by atoms with van der Waals surface area (Å²) in [6.07, 6.45) is 2.17. The van der Waals surface area contributed by atoms with Crippen LogP contribution >= 0.6 is 0 Å². The van der Waals surface area contributed by atoms with Gasteiger partial charge >= 0.3 is 0 Å². The maximum Gasteiger partial charge on any atom is 0.223 e. The summed E-state index contributed by atoms with van der Waals surface area (Å²) in [7, 11) is 0. The van der Waals surface area contributed by atoms with Gasteiger partial charge in [0.1, 0.15) is 5.60 Å². The van der Waals surface area contributed by atoms with E-state index in [-0.39, 0.29) is 25.0 Å². The Morgan fingerprint density at radius 1 is 1.86 bits per heavy atom. The lowest BCUT2D eigenvalue weighted by molar-refractivity contribution is -0.122. The third kappa shape index (κ3) is 2.56. The molecule has 1 heterocycles. The minimum absolute atomic E-state index is 0.118. The van der Waals surface area contributed by atoms with Crippen molar-refractivity contribution in [3.05, 3.63) is 12.7 Å². The number of hydrogen-bond acceptors (Lipinski definition) is 3. The fourth-order valence-electron chi connectivity index (χ4n) is 1.46. The molecule has 0 aromatic heterocycles. The van der Waals surface area contributed by atoms with Crippen molar-refractivity contribution in [2.75, 3.05) is 13.2 Å². The molecule has 2 N–H and O–H groups in total. The van der Waals surface area contributed by atoms with E-state index in [1.807, 2.05) is 6.92 Å². The van der Waals surface area contributed by atoms with Crippen LogP contribution in [0, 0.1) is 0 Å². The van der Waals surface area contributed by atoms with Crippen LogP contribution in [0.1, 0.15) is 19.8 Å². The third-order valence-electron chi connectivity index (χ3n) is 2.58. The number of carbonyl (C=O) groups is 1. The second kappa shape index (κ2) is 4.57. The van der Waals surface area contributed by atoms with Gasteiger partial charge in [-0.2, -0.15) is 0 Å². The molecule has 0 aromatic carbocycles. The standard InChI is InChI=1S/C10H17NO3/c1-3-4-9(12)11-7-10(13)5-6-14-8(10)2/h3,8,13H,1,4-7H2,2H3,(H,11,12). The van der Waals surface area contributed by atoms with Crippen LogP contribution in [-0.4, -0.2) is 35.9 Å². The zero-order chi connectivity index (χ0) is 10.6. The zero-order valence-electron chi connectivity index (χ0n) is 8.45. The summed E-state index contributed by atoms with van der Waals surface area (Å²) in [5.74, 6) is -0.118.